The first-order valence-corrected chi connectivity index (χ1v) is 6.37. The zero-order chi connectivity index (χ0) is 13.7. The lowest BCUT2D eigenvalue weighted by atomic mass is 10.3. The number of halogens is 1. The summed E-state index contributed by atoms with van der Waals surface area (Å²) in [4.78, 5) is 0. The highest BCUT2D eigenvalue weighted by Gasteiger charge is 2.02. The van der Waals surface area contributed by atoms with Crippen molar-refractivity contribution in [2.45, 2.75) is 26.4 Å². The van der Waals surface area contributed by atoms with Crippen molar-refractivity contribution < 1.29 is 13.9 Å². The molecule has 0 saturated heterocycles. The van der Waals surface area contributed by atoms with E-state index in [1.807, 2.05) is 31.2 Å². The molecule has 0 amide bonds. The standard InChI is InChI=1S/C16H17FO2/c1-3-12(2)18-14-8-10-16(11-9-14)19-15-6-4-13(17)5-7-15/h4-12H,3H2,1-2H3. The molecule has 100 valence electrons. The number of rotatable bonds is 5. The number of benzene rings is 2. The first-order valence-electron chi connectivity index (χ1n) is 6.37. The molecule has 0 heterocycles. The van der Waals surface area contributed by atoms with E-state index >= 15 is 0 Å². The quantitative estimate of drug-likeness (QED) is 0.769. The van der Waals surface area contributed by atoms with Crippen LogP contribution < -0.4 is 9.47 Å². The van der Waals surface area contributed by atoms with Crippen LogP contribution in [0.3, 0.4) is 0 Å². The molecule has 0 aliphatic heterocycles. The van der Waals surface area contributed by atoms with Crippen LogP contribution in [0.4, 0.5) is 4.39 Å². The average Bonchev–Trinajstić information content (AvgIpc) is 2.43. The lowest BCUT2D eigenvalue weighted by Gasteiger charge is -2.13. The summed E-state index contributed by atoms with van der Waals surface area (Å²) in [5.41, 5.74) is 0. The van der Waals surface area contributed by atoms with Crippen molar-refractivity contribution in [3.05, 3.63) is 54.3 Å². The Morgan fingerprint density at radius 1 is 0.895 bits per heavy atom. The van der Waals surface area contributed by atoms with Gasteiger partial charge in [-0.05, 0) is 61.9 Å². The molecule has 2 aromatic carbocycles. The Morgan fingerprint density at radius 3 is 1.89 bits per heavy atom. The molecular weight excluding hydrogens is 243 g/mol. The number of hydrogen-bond acceptors (Lipinski definition) is 2. The molecule has 2 nitrogen and oxygen atoms in total. The molecular formula is C16H17FO2. The van der Waals surface area contributed by atoms with Crippen LogP contribution in [-0.4, -0.2) is 6.10 Å². The van der Waals surface area contributed by atoms with Crippen molar-refractivity contribution in [1.82, 2.24) is 0 Å². The molecule has 0 aliphatic carbocycles. The minimum atomic E-state index is -0.273. The third kappa shape index (κ3) is 3.98. The van der Waals surface area contributed by atoms with Gasteiger partial charge in [0.25, 0.3) is 0 Å². The third-order valence-electron chi connectivity index (χ3n) is 2.79. The van der Waals surface area contributed by atoms with Gasteiger partial charge < -0.3 is 9.47 Å². The number of ether oxygens (including phenoxy) is 2. The van der Waals surface area contributed by atoms with Crippen LogP contribution in [0, 0.1) is 5.82 Å². The fraction of sp³-hybridized carbons (Fsp3) is 0.250. The van der Waals surface area contributed by atoms with Crippen molar-refractivity contribution >= 4 is 0 Å². The molecule has 1 unspecified atom stereocenters. The second kappa shape index (κ2) is 6.23. The summed E-state index contributed by atoms with van der Waals surface area (Å²) in [6, 6.07) is 13.3. The van der Waals surface area contributed by atoms with Crippen molar-refractivity contribution in [2.24, 2.45) is 0 Å². The van der Waals surface area contributed by atoms with E-state index < -0.39 is 0 Å². The van der Waals surface area contributed by atoms with Crippen molar-refractivity contribution in [1.29, 1.82) is 0 Å². The Kier molecular flexibility index (Phi) is 4.39. The van der Waals surface area contributed by atoms with Crippen LogP contribution in [0.5, 0.6) is 17.2 Å². The van der Waals surface area contributed by atoms with E-state index in [9.17, 15) is 4.39 Å². The largest absolute Gasteiger partial charge is 0.491 e. The van der Waals surface area contributed by atoms with E-state index in [1.54, 1.807) is 12.1 Å². The Labute approximate surface area is 112 Å². The van der Waals surface area contributed by atoms with Gasteiger partial charge in [-0.15, -0.1) is 0 Å². The molecule has 2 rings (SSSR count). The van der Waals surface area contributed by atoms with Crippen LogP contribution in [0.25, 0.3) is 0 Å². The molecule has 2 aromatic rings. The molecule has 0 spiro atoms. The highest BCUT2D eigenvalue weighted by atomic mass is 19.1. The Morgan fingerprint density at radius 2 is 1.37 bits per heavy atom. The minimum absolute atomic E-state index is 0.198. The molecule has 0 aliphatic rings. The van der Waals surface area contributed by atoms with Gasteiger partial charge in [-0.1, -0.05) is 6.92 Å². The van der Waals surface area contributed by atoms with Crippen molar-refractivity contribution in [3.8, 4) is 17.2 Å². The predicted molar refractivity (Wildman–Crippen MR) is 73.3 cm³/mol. The van der Waals surface area contributed by atoms with Crippen molar-refractivity contribution in [2.75, 3.05) is 0 Å². The second-order valence-corrected chi connectivity index (χ2v) is 4.36. The molecule has 19 heavy (non-hydrogen) atoms. The maximum atomic E-state index is 12.8. The maximum Gasteiger partial charge on any atom is 0.127 e. The molecule has 0 N–H and O–H groups in total. The third-order valence-corrected chi connectivity index (χ3v) is 2.79. The van der Waals surface area contributed by atoms with E-state index in [1.165, 1.54) is 12.1 Å². The molecule has 0 saturated carbocycles. The second-order valence-electron chi connectivity index (χ2n) is 4.36. The zero-order valence-electron chi connectivity index (χ0n) is 11.1. The first kappa shape index (κ1) is 13.4. The van der Waals surface area contributed by atoms with Gasteiger partial charge in [0.15, 0.2) is 0 Å². The molecule has 0 bridgehead atoms. The summed E-state index contributed by atoms with van der Waals surface area (Å²) in [6.07, 6.45) is 1.16. The van der Waals surface area contributed by atoms with Gasteiger partial charge in [0, 0.05) is 0 Å². The Balaban J connectivity index is 2.00. The van der Waals surface area contributed by atoms with E-state index in [0.717, 1.165) is 12.2 Å². The summed E-state index contributed by atoms with van der Waals surface area (Å²) in [6.45, 7) is 4.11. The average molecular weight is 260 g/mol. The molecule has 1 atom stereocenters. The topological polar surface area (TPSA) is 18.5 Å². The van der Waals surface area contributed by atoms with Crippen LogP contribution in [0.15, 0.2) is 48.5 Å². The van der Waals surface area contributed by atoms with Crippen LogP contribution in [0.2, 0.25) is 0 Å². The van der Waals surface area contributed by atoms with Gasteiger partial charge in [0.05, 0.1) is 6.10 Å². The molecule has 0 aromatic heterocycles. The summed E-state index contributed by atoms with van der Waals surface area (Å²) in [5, 5.41) is 0. The van der Waals surface area contributed by atoms with E-state index in [0.29, 0.717) is 11.5 Å². The van der Waals surface area contributed by atoms with E-state index in [-0.39, 0.29) is 11.9 Å². The summed E-state index contributed by atoms with van der Waals surface area (Å²) in [5.74, 6) is 1.85. The summed E-state index contributed by atoms with van der Waals surface area (Å²) < 4.78 is 24.0. The lowest BCUT2D eigenvalue weighted by Crippen LogP contribution is -2.09. The van der Waals surface area contributed by atoms with Gasteiger partial charge in [-0.2, -0.15) is 0 Å². The predicted octanol–water partition coefficient (Wildman–Crippen LogP) is 4.80. The Hall–Kier alpha value is -2.03. The van der Waals surface area contributed by atoms with Crippen LogP contribution in [0.1, 0.15) is 20.3 Å². The van der Waals surface area contributed by atoms with Gasteiger partial charge >= 0.3 is 0 Å². The first-order chi connectivity index (χ1) is 9.17. The van der Waals surface area contributed by atoms with Gasteiger partial charge in [0.1, 0.15) is 23.1 Å². The summed E-state index contributed by atoms with van der Waals surface area (Å²) in [7, 11) is 0. The SMILES string of the molecule is CCC(C)Oc1ccc(Oc2ccc(F)cc2)cc1. The fourth-order valence-corrected chi connectivity index (χ4v) is 1.54. The van der Waals surface area contributed by atoms with E-state index in [4.69, 9.17) is 9.47 Å². The highest BCUT2D eigenvalue weighted by Crippen LogP contribution is 2.24. The highest BCUT2D eigenvalue weighted by molar-refractivity contribution is 5.35. The van der Waals surface area contributed by atoms with Crippen LogP contribution in [-0.2, 0) is 0 Å². The Bertz CT molecular complexity index is 505. The molecule has 0 radical (unpaired) electrons. The monoisotopic (exact) mass is 260 g/mol. The molecule has 3 heteroatoms. The smallest absolute Gasteiger partial charge is 0.127 e. The zero-order valence-corrected chi connectivity index (χ0v) is 11.1. The van der Waals surface area contributed by atoms with E-state index in [2.05, 4.69) is 6.92 Å². The fourth-order valence-electron chi connectivity index (χ4n) is 1.54. The van der Waals surface area contributed by atoms with Gasteiger partial charge in [0.2, 0.25) is 0 Å². The minimum Gasteiger partial charge on any atom is -0.491 e. The van der Waals surface area contributed by atoms with Crippen molar-refractivity contribution in [3.63, 3.8) is 0 Å². The maximum absolute atomic E-state index is 12.8. The molecule has 0 fully saturated rings. The summed E-state index contributed by atoms with van der Waals surface area (Å²) >= 11 is 0. The van der Waals surface area contributed by atoms with Crippen LogP contribution >= 0.6 is 0 Å². The van der Waals surface area contributed by atoms with Gasteiger partial charge in [-0.3, -0.25) is 0 Å². The number of hydrogen-bond donors (Lipinski definition) is 0. The lowest BCUT2D eigenvalue weighted by molar-refractivity contribution is 0.217. The van der Waals surface area contributed by atoms with Gasteiger partial charge in [-0.25, -0.2) is 4.39 Å². The normalized spacial score (nSPS) is 11.9.